The number of nitrogens with one attached hydrogen (secondary N) is 1. The van der Waals surface area contributed by atoms with E-state index in [1.54, 1.807) is 20.3 Å². The Labute approximate surface area is 118 Å². The largest absolute Gasteiger partial charge is 0.497 e. The molecule has 0 amide bonds. The number of hydrogen-bond donors (Lipinski definition) is 1. The molecule has 0 saturated heterocycles. The first kappa shape index (κ1) is 13.8. The SMILES string of the molecule is COc1cc(CNc2ccccc2C#N)cc(OC)c1. The van der Waals surface area contributed by atoms with Gasteiger partial charge in [-0.2, -0.15) is 5.26 Å². The van der Waals surface area contributed by atoms with Crippen LogP contribution in [-0.4, -0.2) is 14.2 Å². The van der Waals surface area contributed by atoms with Gasteiger partial charge >= 0.3 is 0 Å². The average Bonchev–Trinajstić information content (AvgIpc) is 2.52. The first-order valence-electron chi connectivity index (χ1n) is 6.21. The molecule has 2 aromatic rings. The van der Waals surface area contributed by atoms with Gasteiger partial charge in [0.05, 0.1) is 25.5 Å². The van der Waals surface area contributed by atoms with Crippen molar-refractivity contribution in [2.45, 2.75) is 6.54 Å². The summed E-state index contributed by atoms with van der Waals surface area (Å²) in [6.45, 7) is 0.590. The van der Waals surface area contributed by atoms with Gasteiger partial charge in [0, 0.05) is 12.6 Å². The molecule has 0 saturated carbocycles. The molecule has 4 heteroatoms. The van der Waals surface area contributed by atoms with Crippen molar-refractivity contribution >= 4 is 5.69 Å². The van der Waals surface area contributed by atoms with Crippen LogP contribution in [0.3, 0.4) is 0 Å². The Bertz CT molecular complexity index is 610. The van der Waals surface area contributed by atoms with Crippen LogP contribution in [0, 0.1) is 11.3 Å². The van der Waals surface area contributed by atoms with Gasteiger partial charge in [0.25, 0.3) is 0 Å². The number of nitriles is 1. The maximum absolute atomic E-state index is 9.05. The number of nitrogens with zero attached hydrogens (tertiary/aromatic N) is 1. The molecule has 0 bridgehead atoms. The van der Waals surface area contributed by atoms with E-state index in [1.807, 2.05) is 36.4 Å². The third kappa shape index (κ3) is 3.21. The number of anilines is 1. The number of para-hydroxylation sites is 1. The zero-order valence-electron chi connectivity index (χ0n) is 11.5. The van der Waals surface area contributed by atoms with E-state index >= 15 is 0 Å². The first-order chi connectivity index (χ1) is 9.76. The minimum absolute atomic E-state index is 0.590. The van der Waals surface area contributed by atoms with Gasteiger partial charge in [0.2, 0.25) is 0 Å². The van der Waals surface area contributed by atoms with Crippen molar-refractivity contribution in [2.24, 2.45) is 0 Å². The summed E-state index contributed by atoms with van der Waals surface area (Å²) in [6.07, 6.45) is 0. The molecule has 0 aliphatic rings. The standard InChI is InChI=1S/C16H16N2O2/c1-19-14-7-12(8-15(9-14)20-2)11-18-16-6-4-3-5-13(16)10-17/h3-9,18H,11H2,1-2H3. The predicted octanol–water partition coefficient (Wildman–Crippen LogP) is 3.19. The van der Waals surface area contributed by atoms with E-state index < -0.39 is 0 Å². The van der Waals surface area contributed by atoms with E-state index in [2.05, 4.69) is 11.4 Å². The average molecular weight is 268 g/mol. The molecule has 0 spiro atoms. The Morgan fingerprint density at radius 1 is 1.05 bits per heavy atom. The Balaban J connectivity index is 2.16. The summed E-state index contributed by atoms with van der Waals surface area (Å²) in [5.41, 5.74) is 2.47. The molecule has 20 heavy (non-hydrogen) atoms. The van der Waals surface area contributed by atoms with Gasteiger partial charge in [-0.1, -0.05) is 12.1 Å². The minimum Gasteiger partial charge on any atom is -0.497 e. The molecule has 0 radical (unpaired) electrons. The van der Waals surface area contributed by atoms with Crippen LogP contribution >= 0.6 is 0 Å². The first-order valence-corrected chi connectivity index (χ1v) is 6.21. The van der Waals surface area contributed by atoms with Crippen LogP contribution in [0.4, 0.5) is 5.69 Å². The van der Waals surface area contributed by atoms with E-state index in [1.165, 1.54) is 0 Å². The minimum atomic E-state index is 0.590. The van der Waals surface area contributed by atoms with E-state index in [9.17, 15) is 0 Å². The van der Waals surface area contributed by atoms with Crippen LogP contribution in [0.25, 0.3) is 0 Å². The maximum atomic E-state index is 9.05. The zero-order chi connectivity index (χ0) is 14.4. The predicted molar refractivity (Wildman–Crippen MR) is 78.0 cm³/mol. The van der Waals surface area contributed by atoms with E-state index in [4.69, 9.17) is 14.7 Å². The van der Waals surface area contributed by atoms with Crippen molar-refractivity contribution in [2.75, 3.05) is 19.5 Å². The number of ether oxygens (including phenoxy) is 2. The van der Waals surface area contributed by atoms with Crippen molar-refractivity contribution in [1.82, 2.24) is 0 Å². The highest BCUT2D eigenvalue weighted by Gasteiger charge is 2.04. The normalized spacial score (nSPS) is 9.65. The van der Waals surface area contributed by atoms with Crippen LogP contribution in [0.1, 0.15) is 11.1 Å². The van der Waals surface area contributed by atoms with Crippen LogP contribution < -0.4 is 14.8 Å². The lowest BCUT2D eigenvalue weighted by molar-refractivity contribution is 0.393. The van der Waals surface area contributed by atoms with Crippen molar-refractivity contribution in [3.63, 3.8) is 0 Å². The molecular formula is C16H16N2O2. The van der Waals surface area contributed by atoms with Gasteiger partial charge in [-0.15, -0.1) is 0 Å². The van der Waals surface area contributed by atoms with Gasteiger partial charge in [0.1, 0.15) is 17.6 Å². The molecular weight excluding hydrogens is 252 g/mol. The summed E-state index contributed by atoms with van der Waals surface area (Å²) in [5.74, 6) is 1.49. The van der Waals surface area contributed by atoms with E-state index in [0.29, 0.717) is 12.1 Å². The molecule has 0 aliphatic heterocycles. The van der Waals surface area contributed by atoms with Crippen LogP contribution in [0.5, 0.6) is 11.5 Å². The van der Waals surface area contributed by atoms with Gasteiger partial charge in [0.15, 0.2) is 0 Å². The molecule has 2 rings (SSSR count). The fraction of sp³-hybridized carbons (Fsp3) is 0.188. The topological polar surface area (TPSA) is 54.3 Å². The Kier molecular flexibility index (Phi) is 4.46. The van der Waals surface area contributed by atoms with E-state index in [0.717, 1.165) is 22.7 Å². The molecule has 0 unspecified atom stereocenters. The van der Waals surface area contributed by atoms with Crippen molar-refractivity contribution in [3.05, 3.63) is 53.6 Å². The molecule has 0 aliphatic carbocycles. The number of benzene rings is 2. The molecule has 1 N–H and O–H groups in total. The maximum Gasteiger partial charge on any atom is 0.122 e. The summed E-state index contributed by atoms with van der Waals surface area (Å²) < 4.78 is 10.5. The number of hydrogen-bond acceptors (Lipinski definition) is 4. The van der Waals surface area contributed by atoms with E-state index in [-0.39, 0.29) is 0 Å². The molecule has 0 fully saturated rings. The van der Waals surface area contributed by atoms with Crippen molar-refractivity contribution in [3.8, 4) is 17.6 Å². The smallest absolute Gasteiger partial charge is 0.122 e. The highest BCUT2D eigenvalue weighted by molar-refractivity contribution is 5.57. The van der Waals surface area contributed by atoms with Crippen LogP contribution in [0.2, 0.25) is 0 Å². The van der Waals surface area contributed by atoms with Crippen LogP contribution in [0.15, 0.2) is 42.5 Å². The fourth-order valence-corrected chi connectivity index (χ4v) is 1.90. The Morgan fingerprint density at radius 2 is 1.70 bits per heavy atom. The second kappa shape index (κ2) is 6.48. The third-order valence-corrected chi connectivity index (χ3v) is 2.94. The number of rotatable bonds is 5. The second-order valence-corrected chi connectivity index (χ2v) is 4.23. The van der Waals surface area contributed by atoms with Gasteiger partial charge < -0.3 is 14.8 Å². The second-order valence-electron chi connectivity index (χ2n) is 4.23. The molecule has 2 aromatic carbocycles. The van der Waals surface area contributed by atoms with Crippen molar-refractivity contribution < 1.29 is 9.47 Å². The molecule has 102 valence electrons. The Morgan fingerprint density at radius 3 is 2.30 bits per heavy atom. The third-order valence-electron chi connectivity index (χ3n) is 2.94. The zero-order valence-corrected chi connectivity index (χ0v) is 11.5. The number of methoxy groups -OCH3 is 2. The van der Waals surface area contributed by atoms with Crippen LogP contribution in [-0.2, 0) is 6.54 Å². The van der Waals surface area contributed by atoms with Gasteiger partial charge in [-0.05, 0) is 29.8 Å². The van der Waals surface area contributed by atoms with Crippen molar-refractivity contribution in [1.29, 1.82) is 5.26 Å². The summed E-state index contributed by atoms with van der Waals surface area (Å²) in [6, 6.07) is 15.3. The molecule has 0 atom stereocenters. The van der Waals surface area contributed by atoms with Gasteiger partial charge in [-0.3, -0.25) is 0 Å². The Hall–Kier alpha value is -2.67. The molecule has 0 aromatic heterocycles. The lowest BCUT2D eigenvalue weighted by Gasteiger charge is -2.11. The quantitative estimate of drug-likeness (QED) is 0.904. The summed E-state index contributed by atoms with van der Waals surface area (Å²) >= 11 is 0. The summed E-state index contributed by atoms with van der Waals surface area (Å²) in [7, 11) is 3.24. The molecule has 4 nitrogen and oxygen atoms in total. The summed E-state index contributed by atoms with van der Waals surface area (Å²) in [5, 5.41) is 12.3. The lowest BCUT2D eigenvalue weighted by atomic mass is 10.1. The highest BCUT2D eigenvalue weighted by atomic mass is 16.5. The summed E-state index contributed by atoms with van der Waals surface area (Å²) in [4.78, 5) is 0. The molecule has 0 heterocycles. The lowest BCUT2D eigenvalue weighted by Crippen LogP contribution is -2.02. The monoisotopic (exact) mass is 268 g/mol. The fourth-order valence-electron chi connectivity index (χ4n) is 1.90. The van der Waals surface area contributed by atoms with Gasteiger partial charge in [-0.25, -0.2) is 0 Å². The highest BCUT2D eigenvalue weighted by Crippen LogP contribution is 2.23.